The summed E-state index contributed by atoms with van der Waals surface area (Å²) in [6.45, 7) is 9.48. The van der Waals surface area contributed by atoms with E-state index in [9.17, 15) is 9.59 Å². The summed E-state index contributed by atoms with van der Waals surface area (Å²) in [7, 11) is 0. The number of amides is 2. The van der Waals surface area contributed by atoms with Crippen molar-refractivity contribution in [2.24, 2.45) is 0 Å². The summed E-state index contributed by atoms with van der Waals surface area (Å²) in [5.74, 6) is 0. The number of carbonyl (C=O) groups excluding carboxylic acids is 2. The third kappa shape index (κ3) is 4.84. The third-order valence-electron chi connectivity index (χ3n) is 5.59. The van der Waals surface area contributed by atoms with Gasteiger partial charge in [0.2, 0.25) is 0 Å². The van der Waals surface area contributed by atoms with Crippen molar-refractivity contribution in [2.75, 3.05) is 13.1 Å². The Balaban J connectivity index is 1.32. The molecule has 8 heteroatoms. The normalized spacial score (nSPS) is 18.9. The van der Waals surface area contributed by atoms with E-state index in [0.717, 1.165) is 23.2 Å². The lowest BCUT2D eigenvalue weighted by Gasteiger charge is -2.38. The summed E-state index contributed by atoms with van der Waals surface area (Å²) >= 11 is 0. The minimum Gasteiger partial charge on any atom is -0.445 e. The van der Waals surface area contributed by atoms with E-state index in [1.807, 2.05) is 62.7 Å². The Hall–Kier alpha value is -3.03. The molecule has 0 bridgehead atoms. The fourth-order valence-corrected chi connectivity index (χ4v) is 3.85. The second-order valence-corrected chi connectivity index (χ2v) is 9.34. The Morgan fingerprint density at radius 3 is 2.52 bits per heavy atom. The van der Waals surface area contributed by atoms with Gasteiger partial charge in [0.1, 0.15) is 12.2 Å². The molecule has 1 aromatic carbocycles. The zero-order valence-electron chi connectivity index (χ0n) is 18.6. The molecule has 0 N–H and O–H groups in total. The van der Waals surface area contributed by atoms with Crippen molar-refractivity contribution in [1.82, 2.24) is 19.6 Å². The monoisotopic (exact) mass is 426 g/mol. The van der Waals surface area contributed by atoms with E-state index in [2.05, 4.69) is 6.20 Å². The zero-order chi connectivity index (χ0) is 22.2. The minimum atomic E-state index is -0.527. The van der Waals surface area contributed by atoms with Gasteiger partial charge in [0.05, 0.1) is 18.3 Å². The fraction of sp³-hybridized carbons (Fsp3) is 0.522. The van der Waals surface area contributed by atoms with Gasteiger partial charge >= 0.3 is 12.2 Å². The van der Waals surface area contributed by atoms with Crippen molar-refractivity contribution in [3.05, 3.63) is 53.3 Å². The summed E-state index contributed by atoms with van der Waals surface area (Å²) in [5, 5.41) is 4.71. The van der Waals surface area contributed by atoms with E-state index in [1.54, 1.807) is 9.80 Å². The maximum atomic E-state index is 12.5. The highest BCUT2D eigenvalue weighted by atomic mass is 16.6. The molecule has 2 aliphatic rings. The van der Waals surface area contributed by atoms with E-state index in [-0.39, 0.29) is 30.9 Å². The largest absolute Gasteiger partial charge is 0.445 e. The van der Waals surface area contributed by atoms with Gasteiger partial charge in [0.15, 0.2) is 0 Å². The Morgan fingerprint density at radius 2 is 1.84 bits per heavy atom. The number of aromatic nitrogens is 2. The molecule has 2 aromatic rings. The molecule has 0 unspecified atom stereocenters. The Bertz CT molecular complexity index is 944. The molecule has 0 spiro atoms. The van der Waals surface area contributed by atoms with Crippen LogP contribution < -0.4 is 0 Å². The van der Waals surface area contributed by atoms with Crippen molar-refractivity contribution < 1.29 is 19.1 Å². The Morgan fingerprint density at radius 1 is 1.13 bits per heavy atom. The van der Waals surface area contributed by atoms with Gasteiger partial charge in [-0.3, -0.25) is 9.58 Å². The van der Waals surface area contributed by atoms with Crippen LogP contribution in [0.25, 0.3) is 0 Å². The standard InChI is InChI=1S/C23H30N4O4/c1-16-10-18-11-27(24-20(18)14-26(16)22(29)31-23(2,3)4)19-12-25(13-19)21(28)30-15-17-8-6-5-7-9-17/h5-9,11,16,19H,10,12-15H2,1-4H3/t16-/m1/s1. The van der Waals surface area contributed by atoms with E-state index < -0.39 is 5.60 Å². The summed E-state index contributed by atoms with van der Waals surface area (Å²) < 4.78 is 12.9. The second kappa shape index (κ2) is 8.24. The van der Waals surface area contributed by atoms with Crippen LogP contribution in [0, 0.1) is 0 Å². The first-order chi connectivity index (χ1) is 14.7. The van der Waals surface area contributed by atoms with Crippen LogP contribution in [-0.4, -0.2) is 56.5 Å². The third-order valence-corrected chi connectivity index (χ3v) is 5.59. The van der Waals surface area contributed by atoms with Crippen LogP contribution in [0.3, 0.4) is 0 Å². The first-order valence-corrected chi connectivity index (χ1v) is 10.7. The molecule has 1 saturated heterocycles. The molecule has 0 radical (unpaired) electrons. The molecule has 166 valence electrons. The number of hydrogen-bond donors (Lipinski definition) is 0. The van der Waals surface area contributed by atoms with Crippen molar-refractivity contribution in [1.29, 1.82) is 0 Å². The number of nitrogens with zero attached hydrogens (tertiary/aromatic N) is 4. The molecule has 4 rings (SSSR count). The highest BCUT2D eigenvalue weighted by molar-refractivity contribution is 5.69. The summed E-state index contributed by atoms with van der Waals surface area (Å²) in [4.78, 5) is 28.2. The SMILES string of the molecule is C[C@@H]1Cc2cn(C3CN(C(=O)OCc4ccccc4)C3)nc2CN1C(=O)OC(C)(C)C. The van der Waals surface area contributed by atoms with Crippen LogP contribution in [0.5, 0.6) is 0 Å². The lowest BCUT2D eigenvalue weighted by molar-refractivity contribution is 0.0134. The van der Waals surface area contributed by atoms with Gasteiger partial charge in [0.25, 0.3) is 0 Å². The van der Waals surface area contributed by atoms with Crippen LogP contribution in [-0.2, 0) is 29.0 Å². The molecular formula is C23H30N4O4. The number of fused-ring (bicyclic) bond motifs is 1. The summed E-state index contributed by atoms with van der Waals surface area (Å²) in [6, 6.07) is 9.82. The summed E-state index contributed by atoms with van der Waals surface area (Å²) in [6.07, 6.45) is 2.18. The molecule has 0 saturated carbocycles. The summed E-state index contributed by atoms with van der Waals surface area (Å²) in [5.41, 5.74) is 2.49. The zero-order valence-corrected chi connectivity index (χ0v) is 18.6. The second-order valence-electron chi connectivity index (χ2n) is 9.34. The van der Waals surface area contributed by atoms with E-state index in [4.69, 9.17) is 14.6 Å². The first-order valence-electron chi connectivity index (χ1n) is 10.7. The molecule has 31 heavy (non-hydrogen) atoms. The van der Waals surface area contributed by atoms with Gasteiger partial charge in [-0.15, -0.1) is 0 Å². The smallest absolute Gasteiger partial charge is 0.410 e. The van der Waals surface area contributed by atoms with Crippen LogP contribution in [0.4, 0.5) is 9.59 Å². The van der Waals surface area contributed by atoms with Crippen LogP contribution >= 0.6 is 0 Å². The van der Waals surface area contributed by atoms with Crippen molar-refractivity contribution in [3.8, 4) is 0 Å². The van der Waals surface area contributed by atoms with Gasteiger partial charge in [0, 0.05) is 25.3 Å². The number of likely N-dealkylation sites (tertiary alicyclic amines) is 1. The quantitative estimate of drug-likeness (QED) is 0.747. The number of ether oxygens (including phenoxy) is 2. The number of hydrogen-bond acceptors (Lipinski definition) is 5. The molecule has 1 aromatic heterocycles. The average molecular weight is 427 g/mol. The van der Waals surface area contributed by atoms with Gasteiger partial charge in [-0.25, -0.2) is 9.59 Å². The highest BCUT2D eigenvalue weighted by Crippen LogP contribution is 2.28. The molecule has 3 heterocycles. The van der Waals surface area contributed by atoms with E-state index in [1.165, 1.54) is 0 Å². The highest BCUT2D eigenvalue weighted by Gasteiger charge is 2.36. The van der Waals surface area contributed by atoms with E-state index in [0.29, 0.717) is 19.6 Å². The van der Waals surface area contributed by atoms with Crippen LogP contribution in [0.15, 0.2) is 36.5 Å². The molecule has 1 fully saturated rings. The van der Waals surface area contributed by atoms with Crippen molar-refractivity contribution in [2.45, 2.75) is 65.0 Å². The minimum absolute atomic E-state index is 0.0471. The number of benzene rings is 1. The van der Waals surface area contributed by atoms with Crippen LogP contribution in [0.1, 0.15) is 50.6 Å². The van der Waals surface area contributed by atoms with Gasteiger partial charge in [-0.1, -0.05) is 30.3 Å². The van der Waals surface area contributed by atoms with Gasteiger partial charge in [-0.05, 0) is 45.2 Å². The maximum absolute atomic E-state index is 12.5. The number of carbonyl (C=O) groups is 2. The Labute approximate surface area is 182 Å². The topological polar surface area (TPSA) is 76.9 Å². The van der Waals surface area contributed by atoms with Gasteiger partial charge in [-0.2, -0.15) is 5.10 Å². The molecule has 2 aliphatic heterocycles. The van der Waals surface area contributed by atoms with Crippen LogP contribution in [0.2, 0.25) is 0 Å². The first kappa shape index (κ1) is 21.2. The molecule has 2 amide bonds. The van der Waals surface area contributed by atoms with Crippen molar-refractivity contribution >= 4 is 12.2 Å². The predicted octanol–water partition coefficient (Wildman–Crippen LogP) is 3.76. The van der Waals surface area contributed by atoms with Crippen molar-refractivity contribution in [3.63, 3.8) is 0 Å². The van der Waals surface area contributed by atoms with Gasteiger partial charge < -0.3 is 14.4 Å². The molecule has 0 aliphatic carbocycles. The molecule has 8 nitrogen and oxygen atoms in total. The predicted molar refractivity (Wildman–Crippen MR) is 114 cm³/mol. The number of rotatable bonds is 3. The molecular weight excluding hydrogens is 396 g/mol. The lowest BCUT2D eigenvalue weighted by Crippen LogP contribution is -2.51. The maximum Gasteiger partial charge on any atom is 0.410 e. The fourth-order valence-electron chi connectivity index (χ4n) is 3.85. The average Bonchev–Trinajstić information content (AvgIpc) is 3.06. The molecule has 1 atom stereocenters. The Kier molecular flexibility index (Phi) is 5.64. The van der Waals surface area contributed by atoms with E-state index >= 15 is 0 Å². The lowest BCUT2D eigenvalue weighted by atomic mass is 10.0.